The van der Waals surface area contributed by atoms with Gasteiger partial charge < -0.3 is 5.32 Å². The lowest BCUT2D eigenvalue weighted by Crippen LogP contribution is -2.42. The van der Waals surface area contributed by atoms with Crippen molar-refractivity contribution in [1.82, 2.24) is 5.32 Å². The van der Waals surface area contributed by atoms with E-state index in [9.17, 15) is 0 Å². The van der Waals surface area contributed by atoms with Crippen LogP contribution in [0.3, 0.4) is 0 Å². The van der Waals surface area contributed by atoms with Crippen LogP contribution in [0.15, 0.2) is 0 Å². The van der Waals surface area contributed by atoms with Gasteiger partial charge in [-0.25, -0.2) is 0 Å². The van der Waals surface area contributed by atoms with Crippen molar-refractivity contribution < 1.29 is 0 Å². The molecule has 2 aliphatic rings. The van der Waals surface area contributed by atoms with Crippen LogP contribution >= 0.6 is 0 Å². The maximum Gasteiger partial charge on any atom is 0.00953 e. The second kappa shape index (κ2) is 5.53. The highest BCUT2D eigenvalue weighted by Gasteiger charge is 2.28. The molecule has 0 spiro atoms. The van der Waals surface area contributed by atoms with E-state index in [1.807, 2.05) is 0 Å². The predicted octanol–water partition coefficient (Wildman–Crippen LogP) is 3.84. The van der Waals surface area contributed by atoms with Crippen molar-refractivity contribution >= 4 is 0 Å². The summed E-state index contributed by atoms with van der Waals surface area (Å²) in [4.78, 5) is 0. The first kappa shape index (κ1) is 12.4. The minimum Gasteiger partial charge on any atom is -0.313 e. The Kier molecular flexibility index (Phi) is 4.29. The van der Waals surface area contributed by atoms with Gasteiger partial charge in [0.25, 0.3) is 0 Å². The predicted molar refractivity (Wildman–Crippen MR) is 70.5 cm³/mol. The van der Waals surface area contributed by atoms with Gasteiger partial charge in [-0.3, -0.25) is 0 Å². The van der Waals surface area contributed by atoms with Crippen LogP contribution in [0.1, 0.15) is 59.3 Å². The Morgan fingerprint density at radius 1 is 0.938 bits per heavy atom. The van der Waals surface area contributed by atoms with E-state index in [2.05, 4.69) is 26.1 Å². The molecule has 0 bridgehead atoms. The lowest BCUT2D eigenvalue weighted by Gasteiger charge is -2.34. The molecule has 5 unspecified atom stereocenters. The van der Waals surface area contributed by atoms with E-state index in [-0.39, 0.29) is 0 Å². The quantitative estimate of drug-likeness (QED) is 0.766. The van der Waals surface area contributed by atoms with Gasteiger partial charge in [-0.15, -0.1) is 0 Å². The summed E-state index contributed by atoms with van der Waals surface area (Å²) < 4.78 is 0. The molecular weight excluding hydrogens is 194 g/mol. The highest BCUT2D eigenvalue weighted by Crippen LogP contribution is 2.32. The van der Waals surface area contributed by atoms with Crippen LogP contribution in [-0.2, 0) is 0 Å². The largest absolute Gasteiger partial charge is 0.313 e. The molecule has 2 rings (SSSR count). The molecule has 5 atom stereocenters. The first-order valence-corrected chi connectivity index (χ1v) is 7.40. The first-order valence-electron chi connectivity index (χ1n) is 7.40. The molecule has 0 saturated heterocycles. The monoisotopic (exact) mass is 223 g/mol. The fourth-order valence-corrected chi connectivity index (χ4v) is 3.64. The van der Waals surface area contributed by atoms with Crippen molar-refractivity contribution in [1.29, 1.82) is 0 Å². The van der Waals surface area contributed by atoms with Crippen molar-refractivity contribution in [3.05, 3.63) is 0 Å². The second-order valence-electron chi connectivity index (χ2n) is 6.58. The SMILES string of the molecule is CC1CCC(C)C(NCC2CCCC2C)C1. The molecule has 0 radical (unpaired) electrons. The molecule has 1 heteroatoms. The number of hydrogen-bond acceptors (Lipinski definition) is 1. The van der Waals surface area contributed by atoms with Gasteiger partial charge in [0.2, 0.25) is 0 Å². The minimum atomic E-state index is 0.802. The Bertz CT molecular complexity index is 213. The summed E-state index contributed by atoms with van der Waals surface area (Å²) in [6.45, 7) is 8.57. The maximum atomic E-state index is 3.87. The van der Waals surface area contributed by atoms with E-state index in [1.54, 1.807) is 0 Å². The zero-order chi connectivity index (χ0) is 11.5. The third-order valence-electron chi connectivity index (χ3n) is 5.14. The van der Waals surface area contributed by atoms with E-state index in [1.165, 1.54) is 45.1 Å². The molecule has 0 aromatic carbocycles. The van der Waals surface area contributed by atoms with Gasteiger partial charge in [-0.05, 0) is 49.5 Å². The summed E-state index contributed by atoms with van der Waals surface area (Å²) in [6, 6.07) is 0.802. The number of rotatable bonds is 3. The summed E-state index contributed by atoms with van der Waals surface area (Å²) >= 11 is 0. The zero-order valence-corrected chi connectivity index (χ0v) is 11.3. The maximum absolute atomic E-state index is 3.87. The smallest absolute Gasteiger partial charge is 0.00953 e. The average Bonchev–Trinajstić information content (AvgIpc) is 2.66. The third kappa shape index (κ3) is 3.00. The summed E-state index contributed by atoms with van der Waals surface area (Å²) in [5, 5.41) is 3.87. The van der Waals surface area contributed by atoms with E-state index >= 15 is 0 Å². The summed E-state index contributed by atoms with van der Waals surface area (Å²) in [5.74, 6) is 3.76. The lowest BCUT2D eigenvalue weighted by molar-refractivity contribution is 0.216. The first-order chi connectivity index (χ1) is 7.66. The molecule has 0 amide bonds. The van der Waals surface area contributed by atoms with Crippen molar-refractivity contribution in [2.24, 2.45) is 23.7 Å². The van der Waals surface area contributed by atoms with Gasteiger partial charge in [0, 0.05) is 6.04 Å². The third-order valence-corrected chi connectivity index (χ3v) is 5.14. The normalized spacial score (nSPS) is 44.8. The standard InChI is InChI=1S/C15H29N/c1-11-7-8-13(3)15(9-11)16-10-14-6-4-5-12(14)2/h11-16H,4-10H2,1-3H3. The van der Waals surface area contributed by atoms with Gasteiger partial charge in [0.15, 0.2) is 0 Å². The molecule has 16 heavy (non-hydrogen) atoms. The molecule has 0 aromatic heterocycles. The van der Waals surface area contributed by atoms with Crippen LogP contribution < -0.4 is 5.32 Å². The Morgan fingerprint density at radius 2 is 1.75 bits per heavy atom. The highest BCUT2D eigenvalue weighted by molar-refractivity contribution is 4.84. The number of nitrogens with one attached hydrogen (secondary N) is 1. The van der Waals surface area contributed by atoms with Gasteiger partial charge in [0.1, 0.15) is 0 Å². The summed E-state index contributed by atoms with van der Waals surface area (Å²) in [6.07, 6.45) is 8.67. The minimum absolute atomic E-state index is 0.802. The molecule has 0 aromatic rings. The number of hydrogen-bond donors (Lipinski definition) is 1. The van der Waals surface area contributed by atoms with Crippen molar-refractivity contribution in [2.75, 3.05) is 6.54 Å². The molecule has 2 fully saturated rings. The topological polar surface area (TPSA) is 12.0 Å². The van der Waals surface area contributed by atoms with E-state index in [0.29, 0.717) is 0 Å². The van der Waals surface area contributed by atoms with Crippen LogP contribution in [0.5, 0.6) is 0 Å². The van der Waals surface area contributed by atoms with Crippen molar-refractivity contribution in [2.45, 2.75) is 65.3 Å². The molecule has 1 N–H and O–H groups in total. The fraction of sp³-hybridized carbons (Fsp3) is 1.00. The molecular formula is C15H29N. The van der Waals surface area contributed by atoms with Gasteiger partial charge in [-0.1, -0.05) is 40.0 Å². The fourth-order valence-electron chi connectivity index (χ4n) is 3.64. The molecule has 1 nitrogen and oxygen atoms in total. The Balaban J connectivity index is 1.75. The summed E-state index contributed by atoms with van der Waals surface area (Å²) in [5.41, 5.74) is 0. The Labute approximate surface area is 101 Å². The van der Waals surface area contributed by atoms with Crippen LogP contribution in [0, 0.1) is 23.7 Å². The van der Waals surface area contributed by atoms with Gasteiger partial charge >= 0.3 is 0 Å². The highest BCUT2D eigenvalue weighted by atomic mass is 14.9. The lowest BCUT2D eigenvalue weighted by atomic mass is 9.80. The van der Waals surface area contributed by atoms with Crippen molar-refractivity contribution in [3.8, 4) is 0 Å². The van der Waals surface area contributed by atoms with Crippen LogP contribution in [-0.4, -0.2) is 12.6 Å². The molecule has 0 heterocycles. The van der Waals surface area contributed by atoms with E-state index < -0.39 is 0 Å². The summed E-state index contributed by atoms with van der Waals surface area (Å²) in [7, 11) is 0. The molecule has 94 valence electrons. The van der Waals surface area contributed by atoms with Crippen LogP contribution in [0.25, 0.3) is 0 Å². The Hall–Kier alpha value is -0.0400. The van der Waals surface area contributed by atoms with Gasteiger partial charge in [0.05, 0.1) is 0 Å². The van der Waals surface area contributed by atoms with Crippen LogP contribution in [0.4, 0.5) is 0 Å². The van der Waals surface area contributed by atoms with Gasteiger partial charge in [-0.2, -0.15) is 0 Å². The second-order valence-corrected chi connectivity index (χ2v) is 6.58. The molecule has 2 aliphatic carbocycles. The van der Waals surface area contributed by atoms with Crippen molar-refractivity contribution in [3.63, 3.8) is 0 Å². The molecule has 2 saturated carbocycles. The zero-order valence-electron chi connectivity index (χ0n) is 11.3. The molecule has 0 aliphatic heterocycles. The van der Waals surface area contributed by atoms with E-state index in [0.717, 1.165) is 29.7 Å². The van der Waals surface area contributed by atoms with E-state index in [4.69, 9.17) is 0 Å². The Morgan fingerprint density at radius 3 is 2.44 bits per heavy atom. The average molecular weight is 223 g/mol. The van der Waals surface area contributed by atoms with Crippen LogP contribution in [0.2, 0.25) is 0 Å².